The summed E-state index contributed by atoms with van der Waals surface area (Å²) in [5, 5.41) is 0. The first-order chi connectivity index (χ1) is 9.58. The van der Waals surface area contributed by atoms with Crippen molar-refractivity contribution in [1.29, 1.82) is 0 Å². The zero-order valence-electron chi connectivity index (χ0n) is 12.3. The fourth-order valence-corrected chi connectivity index (χ4v) is 2.96. The standard InChI is InChI=1S/C17H20N2O/c1-12-4-7-15(8-5-12)17(20)19-11-10-18-13(2)6-9-16(18)14(19)3/h4-9,14H,10-11H2,1-3H3/t14-/m1/s1. The van der Waals surface area contributed by atoms with Gasteiger partial charge in [-0.2, -0.15) is 0 Å². The quantitative estimate of drug-likeness (QED) is 0.779. The molecule has 0 radical (unpaired) electrons. The van der Waals surface area contributed by atoms with E-state index in [-0.39, 0.29) is 11.9 Å². The maximum absolute atomic E-state index is 12.7. The highest BCUT2D eigenvalue weighted by molar-refractivity contribution is 5.94. The largest absolute Gasteiger partial charge is 0.345 e. The molecule has 1 aromatic heterocycles. The Balaban J connectivity index is 1.88. The molecule has 20 heavy (non-hydrogen) atoms. The number of aryl methyl sites for hydroxylation is 2. The van der Waals surface area contributed by atoms with E-state index in [0.29, 0.717) is 0 Å². The Kier molecular flexibility index (Phi) is 3.13. The van der Waals surface area contributed by atoms with Gasteiger partial charge in [0, 0.05) is 30.0 Å². The van der Waals surface area contributed by atoms with Crippen molar-refractivity contribution in [2.24, 2.45) is 0 Å². The van der Waals surface area contributed by atoms with Crippen LogP contribution in [-0.2, 0) is 6.54 Å². The number of benzene rings is 1. The molecule has 1 aliphatic rings. The zero-order valence-corrected chi connectivity index (χ0v) is 12.3. The monoisotopic (exact) mass is 268 g/mol. The van der Waals surface area contributed by atoms with Crippen molar-refractivity contribution in [3.63, 3.8) is 0 Å². The van der Waals surface area contributed by atoms with E-state index >= 15 is 0 Å². The van der Waals surface area contributed by atoms with Gasteiger partial charge >= 0.3 is 0 Å². The van der Waals surface area contributed by atoms with E-state index in [9.17, 15) is 4.79 Å². The Morgan fingerprint density at radius 1 is 1.05 bits per heavy atom. The maximum Gasteiger partial charge on any atom is 0.254 e. The van der Waals surface area contributed by atoms with Crippen LogP contribution in [0.2, 0.25) is 0 Å². The normalized spacial score (nSPS) is 17.9. The van der Waals surface area contributed by atoms with Crippen molar-refractivity contribution in [1.82, 2.24) is 9.47 Å². The second kappa shape index (κ2) is 4.82. The molecule has 3 nitrogen and oxygen atoms in total. The molecule has 2 aromatic rings. The molecule has 0 N–H and O–H groups in total. The Morgan fingerprint density at radius 2 is 1.75 bits per heavy atom. The fraction of sp³-hybridized carbons (Fsp3) is 0.353. The van der Waals surface area contributed by atoms with Crippen LogP contribution in [0.25, 0.3) is 0 Å². The van der Waals surface area contributed by atoms with Crippen LogP contribution in [0.4, 0.5) is 0 Å². The first-order valence-electron chi connectivity index (χ1n) is 7.11. The molecule has 0 saturated heterocycles. The molecule has 3 rings (SSSR count). The number of hydrogen-bond donors (Lipinski definition) is 0. The van der Waals surface area contributed by atoms with Crippen molar-refractivity contribution in [3.8, 4) is 0 Å². The second-order valence-corrected chi connectivity index (χ2v) is 5.59. The Bertz CT molecular complexity index is 640. The summed E-state index contributed by atoms with van der Waals surface area (Å²) in [4.78, 5) is 14.6. The lowest BCUT2D eigenvalue weighted by Gasteiger charge is -2.35. The minimum absolute atomic E-state index is 0.127. The molecule has 1 aromatic carbocycles. The van der Waals surface area contributed by atoms with Gasteiger partial charge in [-0.05, 0) is 45.0 Å². The fourth-order valence-electron chi connectivity index (χ4n) is 2.96. The van der Waals surface area contributed by atoms with Crippen LogP contribution < -0.4 is 0 Å². The molecular weight excluding hydrogens is 248 g/mol. The molecule has 0 bridgehead atoms. The number of rotatable bonds is 1. The van der Waals surface area contributed by atoms with Crippen molar-refractivity contribution < 1.29 is 4.79 Å². The summed E-state index contributed by atoms with van der Waals surface area (Å²) in [5.74, 6) is 0.127. The summed E-state index contributed by atoms with van der Waals surface area (Å²) in [6, 6.07) is 12.2. The third-order valence-electron chi connectivity index (χ3n) is 4.25. The van der Waals surface area contributed by atoms with Crippen LogP contribution in [0.1, 0.15) is 40.3 Å². The van der Waals surface area contributed by atoms with Crippen molar-refractivity contribution in [2.75, 3.05) is 6.54 Å². The van der Waals surface area contributed by atoms with E-state index in [1.54, 1.807) is 0 Å². The van der Waals surface area contributed by atoms with E-state index in [0.717, 1.165) is 18.7 Å². The molecule has 0 aliphatic carbocycles. The Morgan fingerprint density at radius 3 is 2.45 bits per heavy atom. The van der Waals surface area contributed by atoms with Gasteiger partial charge in [0.15, 0.2) is 0 Å². The van der Waals surface area contributed by atoms with Gasteiger partial charge in [0.2, 0.25) is 0 Å². The van der Waals surface area contributed by atoms with Crippen LogP contribution in [-0.4, -0.2) is 21.9 Å². The topological polar surface area (TPSA) is 25.2 Å². The summed E-state index contributed by atoms with van der Waals surface area (Å²) in [5.41, 5.74) is 4.46. The highest BCUT2D eigenvalue weighted by Crippen LogP contribution is 2.28. The van der Waals surface area contributed by atoms with E-state index in [2.05, 4.69) is 30.5 Å². The summed E-state index contributed by atoms with van der Waals surface area (Å²) in [6.45, 7) is 7.92. The predicted octanol–water partition coefficient (Wildman–Crippen LogP) is 3.32. The molecule has 0 unspecified atom stereocenters. The van der Waals surface area contributed by atoms with Gasteiger partial charge in [-0.15, -0.1) is 0 Å². The summed E-state index contributed by atoms with van der Waals surface area (Å²) in [6.07, 6.45) is 0. The lowest BCUT2D eigenvalue weighted by atomic mass is 10.1. The molecule has 1 atom stereocenters. The van der Waals surface area contributed by atoms with Gasteiger partial charge in [-0.1, -0.05) is 17.7 Å². The van der Waals surface area contributed by atoms with Gasteiger partial charge in [-0.3, -0.25) is 4.79 Å². The lowest BCUT2D eigenvalue weighted by molar-refractivity contribution is 0.0643. The number of carbonyl (C=O) groups excluding carboxylic acids is 1. The van der Waals surface area contributed by atoms with E-state index in [1.807, 2.05) is 36.1 Å². The SMILES string of the molecule is Cc1ccc(C(=O)N2CCn3c(C)ccc3[C@H]2C)cc1. The first-order valence-corrected chi connectivity index (χ1v) is 7.11. The van der Waals surface area contributed by atoms with Gasteiger partial charge in [0.25, 0.3) is 5.91 Å². The molecule has 3 heteroatoms. The minimum atomic E-state index is 0.127. The van der Waals surface area contributed by atoms with Crippen LogP contribution in [0, 0.1) is 13.8 Å². The predicted molar refractivity (Wildman–Crippen MR) is 79.8 cm³/mol. The van der Waals surface area contributed by atoms with Gasteiger partial charge < -0.3 is 9.47 Å². The van der Waals surface area contributed by atoms with Crippen molar-refractivity contribution >= 4 is 5.91 Å². The smallest absolute Gasteiger partial charge is 0.254 e. The minimum Gasteiger partial charge on any atom is -0.345 e. The maximum atomic E-state index is 12.7. The van der Waals surface area contributed by atoms with E-state index in [1.165, 1.54) is 17.0 Å². The first kappa shape index (κ1) is 13.0. The number of nitrogens with zero attached hydrogens (tertiary/aromatic N) is 2. The van der Waals surface area contributed by atoms with E-state index in [4.69, 9.17) is 0 Å². The number of fused-ring (bicyclic) bond motifs is 1. The molecular formula is C17H20N2O. The summed E-state index contributed by atoms with van der Waals surface area (Å²) >= 11 is 0. The van der Waals surface area contributed by atoms with Crippen LogP contribution >= 0.6 is 0 Å². The molecule has 0 fully saturated rings. The number of amides is 1. The average Bonchev–Trinajstić information content (AvgIpc) is 2.82. The van der Waals surface area contributed by atoms with Crippen LogP contribution in [0.15, 0.2) is 36.4 Å². The molecule has 0 saturated carbocycles. The number of aromatic nitrogens is 1. The Labute approximate surface area is 119 Å². The highest BCUT2D eigenvalue weighted by atomic mass is 16.2. The van der Waals surface area contributed by atoms with E-state index < -0.39 is 0 Å². The Hall–Kier alpha value is -2.03. The molecule has 104 valence electrons. The van der Waals surface area contributed by atoms with Crippen molar-refractivity contribution in [3.05, 3.63) is 58.9 Å². The molecule has 1 amide bonds. The van der Waals surface area contributed by atoms with Crippen LogP contribution in [0.5, 0.6) is 0 Å². The van der Waals surface area contributed by atoms with Crippen LogP contribution in [0.3, 0.4) is 0 Å². The second-order valence-electron chi connectivity index (χ2n) is 5.59. The third kappa shape index (κ3) is 2.03. The summed E-state index contributed by atoms with van der Waals surface area (Å²) in [7, 11) is 0. The number of carbonyl (C=O) groups is 1. The van der Waals surface area contributed by atoms with Gasteiger partial charge in [-0.25, -0.2) is 0 Å². The highest BCUT2D eigenvalue weighted by Gasteiger charge is 2.28. The number of hydrogen-bond acceptors (Lipinski definition) is 1. The third-order valence-corrected chi connectivity index (χ3v) is 4.25. The average molecular weight is 268 g/mol. The molecule has 2 heterocycles. The summed E-state index contributed by atoms with van der Waals surface area (Å²) < 4.78 is 2.31. The van der Waals surface area contributed by atoms with Gasteiger partial charge in [0.05, 0.1) is 6.04 Å². The molecule has 0 spiro atoms. The zero-order chi connectivity index (χ0) is 14.3. The van der Waals surface area contributed by atoms with Gasteiger partial charge in [0.1, 0.15) is 0 Å². The molecule has 1 aliphatic heterocycles. The van der Waals surface area contributed by atoms with Crippen molar-refractivity contribution in [2.45, 2.75) is 33.4 Å². The lowest BCUT2D eigenvalue weighted by Crippen LogP contribution is -2.41.